The molecule has 0 spiro atoms. The van der Waals surface area contributed by atoms with Crippen molar-refractivity contribution < 1.29 is 17.9 Å². The molecule has 0 radical (unpaired) electrons. The van der Waals surface area contributed by atoms with Gasteiger partial charge >= 0.3 is 5.30 Å². The molecule has 0 bridgehead atoms. The highest BCUT2D eigenvalue weighted by Gasteiger charge is 2.21. The van der Waals surface area contributed by atoms with Gasteiger partial charge in [0.25, 0.3) is 9.84 Å². The molecule has 0 N–H and O–H groups in total. The van der Waals surface area contributed by atoms with Crippen molar-refractivity contribution in [2.45, 2.75) is 6.61 Å². The van der Waals surface area contributed by atoms with Gasteiger partial charge in [-0.2, -0.15) is 0 Å². The highest BCUT2D eigenvalue weighted by molar-refractivity contribution is 8.05. The Hall–Kier alpha value is -1.62. The van der Waals surface area contributed by atoms with Gasteiger partial charge in [-0.3, -0.25) is 0 Å². The number of carbonyl (C=O) groups excluding carboxylic acids is 1. The Balaban J connectivity index is 2.57. The van der Waals surface area contributed by atoms with Gasteiger partial charge in [0, 0.05) is 0 Å². The van der Waals surface area contributed by atoms with Crippen molar-refractivity contribution in [3.8, 4) is 0 Å². The number of ether oxygens (including phenoxy) is 1. The number of rotatable bonds is 4. The number of sulfone groups is 1. The quantitative estimate of drug-likeness (QED) is 0.596. The summed E-state index contributed by atoms with van der Waals surface area (Å²) in [5.74, 6) is -0.402. The second-order valence-corrected chi connectivity index (χ2v) is 4.99. The smallest absolute Gasteiger partial charge is 0.425 e. The molecule has 1 aromatic rings. The third-order valence-corrected chi connectivity index (χ3v) is 3.09. The maximum atomic E-state index is 11.2. The fraction of sp³-hybridized carbons (Fsp3) is 0.182. The molecule has 0 aromatic heterocycles. The molecule has 5 heteroatoms. The molecule has 1 rings (SSSR count). The average molecular weight is 240 g/mol. The van der Waals surface area contributed by atoms with Crippen LogP contribution >= 0.6 is 0 Å². The normalized spacial score (nSPS) is 10.8. The van der Waals surface area contributed by atoms with Crippen LogP contribution in [0.5, 0.6) is 0 Å². The standard InChI is InChI=1S/C11H12O4S/c1-2-8-16(13,14)11(12)15-9-10-6-4-3-5-7-10/h2-7H,1,8-9H2. The van der Waals surface area contributed by atoms with Gasteiger partial charge in [0.1, 0.15) is 6.61 Å². The lowest BCUT2D eigenvalue weighted by molar-refractivity contribution is 0.166. The van der Waals surface area contributed by atoms with Crippen molar-refractivity contribution >= 4 is 15.1 Å². The first kappa shape index (κ1) is 12.4. The van der Waals surface area contributed by atoms with E-state index in [1.165, 1.54) is 0 Å². The van der Waals surface area contributed by atoms with Crippen LogP contribution in [0.25, 0.3) is 0 Å². The predicted octanol–water partition coefficient (Wildman–Crippen LogP) is 1.92. The van der Waals surface area contributed by atoms with Crippen molar-refractivity contribution in [2.75, 3.05) is 5.75 Å². The Morgan fingerprint density at radius 2 is 1.94 bits per heavy atom. The number of hydrogen-bond donors (Lipinski definition) is 0. The number of hydrogen-bond acceptors (Lipinski definition) is 4. The Bertz CT molecular complexity index is 462. The second-order valence-electron chi connectivity index (χ2n) is 3.09. The summed E-state index contributed by atoms with van der Waals surface area (Å²) in [4.78, 5) is 11.2. The average Bonchev–Trinajstić information content (AvgIpc) is 2.27. The lowest BCUT2D eigenvalue weighted by atomic mass is 10.2. The van der Waals surface area contributed by atoms with Crippen molar-refractivity contribution in [1.82, 2.24) is 0 Å². The van der Waals surface area contributed by atoms with Gasteiger partial charge in [0.15, 0.2) is 0 Å². The van der Waals surface area contributed by atoms with E-state index in [1.54, 1.807) is 24.3 Å². The third-order valence-electron chi connectivity index (χ3n) is 1.79. The predicted molar refractivity (Wildman–Crippen MR) is 60.6 cm³/mol. The van der Waals surface area contributed by atoms with Crippen LogP contribution in [0.15, 0.2) is 43.0 Å². The molecule has 16 heavy (non-hydrogen) atoms. The molecule has 0 aliphatic carbocycles. The molecule has 4 nitrogen and oxygen atoms in total. The van der Waals surface area contributed by atoms with E-state index in [0.717, 1.165) is 11.6 Å². The zero-order chi connectivity index (χ0) is 12.0. The van der Waals surface area contributed by atoms with Gasteiger partial charge in [-0.05, 0) is 5.56 Å². The first-order chi connectivity index (χ1) is 7.56. The summed E-state index contributed by atoms with van der Waals surface area (Å²) >= 11 is 0. The first-order valence-electron chi connectivity index (χ1n) is 4.60. The van der Waals surface area contributed by atoms with Crippen molar-refractivity contribution in [2.24, 2.45) is 0 Å². The lowest BCUT2D eigenvalue weighted by Gasteiger charge is -2.03. The summed E-state index contributed by atoms with van der Waals surface area (Å²) in [6, 6.07) is 8.86. The SMILES string of the molecule is C=CCS(=O)(=O)C(=O)OCc1ccccc1. The van der Waals surface area contributed by atoms with Crippen LogP contribution in [0.1, 0.15) is 5.56 Å². The van der Waals surface area contributed by atoms with E-state index in [4.69, 9.17) is 0 Å². The zero-order valence-corrected chi connectivity index (χ0v) is 9.44. The molecular formula is C11H12O4S. The molecule has 0 aliphatic heterocycles. The maximum Gasteiger partial charge on any atom is 0.425 e. The fourth-order valence-electron chi connectivity index (χ4n) is 1.03. The summed E-state index contributed by atoms with van der Waals surface area (Å²) in [6.07, 6.45) is 1.15. The topological polar surface area (TPSA) is 60.4 Å². The minimum atomic E-state index is -3.86. The summed E-state index contributed by atoms with van der Waals surface area (Å²) < 4.78 is 27.1. The molecule has 0 heterocycles. The van der Waals surface area contributed by atoms with Crippen molar-refractivity contribution in [1.29, 1.82) is 0 Å². The summed E-state index contributed by atoms with van der Waals surface area (Å²) in [7, 11) is -3.86. The summed E-state index contributed by atoms with van der Waals surface area (Å²) in [6.45, 7) is 3.21. The van der Waals surface area contributed by atoms with Gasteiger partial charge in [-0.1, -0.05) is 36.4 Å². The van der Waals surface area contributed by atoms with Crippen LogP contribution in [0, 0.1) is 0 Å². The van der Waals surface area contributed by atoms with Gasteiger partial charge in [0.05, 0.1) is 5.75 Å². The van der Waals surface area contributed by atoms with E-state index in [1.807, 2.05) is 6.07 Å². The highest BCUT2D eigenvalue weighted by atomic mass is 32.2. The van der Waals surface area contributed by atoms with Gasteiger partial charge in [-0.15, -0.1) is 6.58 Å². The molecule has 0 saturated heterocycles. The molecule has 86 valence electrons. The van der Waals surface area contributed by atoms with Crippen LogP contribution in [0.4, 0.5) is 4.79 Å². The van der Waals surface area contributed by atoms with Crippen LogP contribution in [-0.4, -0.2) is 19.5 Å². The molecule has 0 amide bonds. The molecule has 0 atom stereocenters. The molecular weight excluding hydrogens is 228 g/mol. The molecule has 0 unspecified atom stereocenters. The number of carbonyl (C=O) groups is 1. The van der Waals surface area contributed by atoms with E-state index in [0.29, 0.717) is 0 Å². The Morgan fingerprint density at radius 1 is 1.31 bits per heavy atom. The molecule has 0 fully saturated rings. The van der Waals surface area contributed by atoms with Gasteiger partial charge in [0.2, 0.25) is 0 Å². The van der Waals surface area contributed by atoms with Crippen LogP contribution in [0.3, 0.4) is 0 Å². The molecule has 1 aromatic carbocycles. The Morgan fingerprint density at radius 3 is 2.50 bits per heavy atom. The summed E-state index contributed by atoms with van der Waals surface area (Å²) in [5.41, 5.74) is 0.740. The molecule has 0 aliphatic rings. The Kier molecular flexibility index (Phi) is 4.25. The minimum Gasteiger partial charge on any atom is -0.449 e. The molecule has 0 saturated carbocycles. The Labute approximate surface area is 94.5 Å². The summed E-state index contributed by atoms with van der Waals surface area (Å²) in [5, 5.41) is -1.21. The zero-order valence-electron chi connectivity index (χ0n) is 8.63. The van der Waals surface area contributed by atoms with Gasteiger partial charge < -0.3 is 4.74 Å². The first-order valence-corrected chi connectivity index (χ1v) is 6.26. The van der Waals surface area contributed by atoms with Crippen LogP contribution < -0.4 is 0 Å². The van der Waals surface area contributed by atoms with E-state index in [9.17, 15) is 13.2 Å². The minimum absolute atomic E-state index is 0.0456. The van der Waals surface area contributed by atoms with Crippen LogP contribution in [-0.2, 0) is 21.2 Å². The number of benzene rings is 1. The van der Waals surface area contributed by atoms with Gasteiger partial charge in [-0.25, -0.2) is 13.2 Å². The second kappa shape index (κ2) is 5.46. The van der Waals surface area contributed by atoms with Crippen molar-refractivity contribution in [3.05, 3.63) is 48.6 Å². The van der Waals surface area contributed by atoms with E-state index >= 15 is 0 Å². The van der Waals surface area contributed by atoms with Crippen molar-refractivity contribution in [3.63, 3.8) is 0 Å². The maximum absolute atomic E-state index is 11.2. The lowest BCUT2D eigenvalue weighted by Crippen LogP contribution is -2.18. The fourth-order valence-corrected chi connectivity index (χ4v) is 1.71. The monoisotopic (exact) mass is 240 g/mol. The highest BCUT2D eigenvalue weighted by Crippen LogP contribution is 2.04. The van der Waals surface area contributed by atoms with Crippen LogP contribution in [0.2, 0.25) is 0 Å². The largest absolute Gasteiger partial charge is 0.449 e. The third kappa shape index (κ3) is 3.51. The van der Waals surface area contributed by atoms with E-state index in [2.05, 4.69) is 11.3 Å². The van der Waals surface area contributed by atoms with E-state index in [-0.39, 0.29) is 6.61 Å². The van der Waals surface area contributed by atoms with E-state index < -0.39 is 20.9 Å².